The summed E-state index contributed by atoms with van der Waals surface area (Å²) in [6.45, 7) is 8.84. The molecule has 1 radical (unpaired) electrons. The third-order valence-corrected chi connectivity index (χ3v) is 4.16. The molecule has 0 aliphatic carbocycles. The Morgan fingerprint density at radius 3 is 1.86 bits per heavy atom. The van der Waals surface area contributed by atoms with Gasteiger partial charge in [-0.25, -0.2) is 0 Å². The van der Waals surface area contributed by atoms with Crippen LogP contribution in [0.4, 0.5) is 0 Å². The first-order valence-corrected chi connectivity index (χ1v) is 7.21. The molecule has 6 heteroatoms. The van der Waals surface area contributed by atoms with Crippen molar-refractivity contribution in [2.45, 2.75) is 33.7 Å². The molecular weight excluding hydrogens is 243 g/mol. The molecule has 0 aliphatic heterocycles. The molecule has 79 valence electrons. The van der Waals surface area contributed by atoms with Crippen LogP contribution in [0.15, 0.2) is 0 Å². The van der Waals surface area contributed by atoms with Crippen molar-refractivity contribution >= 4 is 77.5 Å². The van der Waals surface area contributed by atoms with Crippen molar-refractivity contribution in [3.05, 3.63) is 0 Å². The van der Waals surface area contributed by atoms with Crippen molar-refractivity contribution in [1.29, 1.82) is 0 Å². The molecule has 0 rings (SSSR count). The second kappa shape index (κ2) is 9.86. The van der Waals surface area contributed by atoms with Crippen LogP contribution in [0.1, 0.15) is 27.2 Å². The molecule has 0 spiro atoms. The summed E-state index contributed by atoms with van der Waals surface area (Å²) in [6, 6.07) is 0. The summed E-state index contributed by atoms with van der Waals surface area (Å²) >= 11 is 4.98. The molecule has 0 aromatic carbocycles. The first-order valence-electron chi connectivity index (χ1n) is 4.57. The van der Waals surface area contributed by atoms with E-state index in [2.05, 4.69) is 0 Å². The van der Waals surface area contributed by atoms with Gasteiger partial charge in [-0.05, 0) is 26.1 Å². The van der Waals surface area contributed by atoms with Crippen molar-refractivity contribution in [2.75, 3.05) is 13.2 Å². The van der Waals surface area contributed by atoms with Gasteiger partial charge in [0.2, 0.25) is 0 Å². The maximum atomic E-state index is 5.49. The minimum Gasteiger partial charge on any atom is -0.495 e. The molecule has 0 amide bonds. The summed E-state index contributed by atoms with van der Waals surface area (Å²) < 4.78 is 16.4. The van der Waals surface area contributed by atoms with Gasteiger partial charge in [0.15, 0.2) is 0 Å². The first kappa shape index (κ1) is 18.0. The van der Waals surface area contributed by atoms with Crippen molar-refractivity contribution < 1.29 is 13.3 Å². The Balaban J connectivity index is 0. The van der Waals surface area contributed by atoms with Crippen LogP contribution in [0.2, 0.25) is 6.55 Å². The van der Waals surface area contributed by atoms with Crippen molar-refractivity contribution in [1.82, 2.24) is 0 Å². The summed E-state index contributed by atoms with van der Waals surface area (Å²) in [6.07, 6.45) is 0.720. The monoisotopic (exact) mass is 261 g/mol. The zero-order valence-corrected chi connectivity index (χ0v) is 14.7. The summed E-state index contributed by atoms with van der Waals surface area (Å²) in [7, 11) is -2.47. The van der Waals surface area contributed by atoms with E-state index in [0.29, 0.717) is 18.3 Å². The fourth-order valence-corrected chi connectivity index (χ4v) is 3.17. The second-order valence-electron chi connectivity index (χ2n) is 2.56. The standard InChI is InChI=1S/C8H18O3SSi.K/c1-5-8(12)11-13(4,9-6-2)10-7-3;/h5-7H2,1-4H3;. The molecule has 14 heavy (non-hydrogen) atoms. The van der Waals surface area contributed by atoms with E-state index in [-0.39, 0.29) is 51.4 Å². The summed E-state index contributed by atoms with van der Waals surface area (Å²) in [4.78, 5) is 0. The second-order valence-corrected chi connectivity index (χ2v) is 5.52. The number of hydrogen-bond donors (Lipinski definition) is 0. The van der Waals surface area contributed by atoms with Crippen molar-refractivity contribution in [3.63, 3.8) is 0 Å². The number of thiocarbonyl (C=S) groups is 1. The normalized spacial score (nSPS) is 10.6. The molecule has 0 saturated carbocycles. The molecule has 0 aliphatic rings. The van der Waals surface area contributed by atoms with E-state index in [1.807, 2.05) is 27.3 Å². The molecule has 0 aromatic rings. The van der Waals surface area contributed by atoms with E-state index in [1.165, 1.54) is 0 Å². The van der Waals surface area contributed by atoms with Gasteiger partial charge in [0.05, 0.1) is 0 Å². The Bertz CT molecular complexity index is 163. The molecular formula is C8H18KO3SSi. The number of hydrogen-bond acceptors (Lipinski definition) is 4. The predicted octanol–water partition coefficient (Wildman–Crippen LogP) is 2.00. The SMILES string of the molecule is CCO[Si](C)(OCC)OC(=S)CC.[K]. The van der Waals surface area contributed by atoms with E-state index in [4.69, 9.17) is 25.5 Å². The first-order chi connectivity index (χ1) is 6.08. The molecule has 0 heterocycles. The largest absolute Gasteiger partial charge is 0.563 e. The Hall–Kier alpha value is 1.66. The summed E-state index contributed by atoms with van der Waals surface area (Å²) in [5, 5.41) is 0.566. The van der Waals surface area contributed by atoms with Crippen molar-refractivity contribution in [3.8, 4) is 0 Å². The van der Waals surface area contributed by atoms with Crippen LogP contribution in [0.25, 0.3) is 0 Å². The average Bonchev–Trinajstić information content (AvgIpc) is 2.04. The van der Waals surface area contributed by atoms with Crippen LogP contribution in [0, 0.1) is 0 Å². The van der Waals surface area contributed by atoms with E-state index in [1.54, 1.807) is 0 Å². The minimum absolute atomic E-state index is 0. The van der Waals surface area contributed by atoms with Crippen LogP contribution in [0.3, 0.4) is 0 Å². The van der Waals surface area contributed by atoms with Crippen LogP contribution >= 0.6 is 12.2 Å². The minimum atomic E-state index is -2.47. The smallest absolute Gasteiger partial charge is 0.495 e. The van der Waals surface area contributed by atoms with Gasteiger partial charge >= 0.3 is 8.80 Å². The molecule has 0 unspecified atom stereocenters. The molecule has 0 fully saturated rings. The Morgan fingerprint density at radius 1 is 1.14 bits per heavy atom. The zero-order valence-electron chi connectivity index (χ0n) is 9.75. The molecule has 0 bridgehead atoms. The zero-order chi connectivity index (χ0) is 10.3. The molecule has 0 saturated heterocycles. The average molecular weight is 261 g/mol. The molecule has 0 aromatic heterocycles. The molecule has 0 atom stereocenters. The Kier molecular flexibility index (Phi) is 12.7. The predicted molar refractivity (Wildman–Crippen MR) is 64.6 cm³/mol. The van der Waals surface area contributed by atoms with E-state index < -0.39 is 8.80 Å². The van der Waals surface area contributed by atoms with Crippen LogP contribution in [0.5, 0.6) is 0 Å². The fourth-order valence-electron chi connectivity index (χ4n) is 0.904. The van der Waals surface area contributed by atoms with E-state index in [9.17, 15) is 0 Å². The van der Waals surface area contributed by atoms with Gasteiger partial charge < -0.3 is 13.3 Å². The fraction of sp³-hybridized carbons (Fsp3) is 0.875. The maximum Gasteiger partial charge on any atom is 0.563 e. The maximum absolute atomic E-state index is 5.49. The molecule has 0 N–H and O–H groups in total. The van der Waals surface area contributed by atoms with Crippen molar-refractivity contribution in [2.24, 2.45) is 0 Å². The Labute approximate surface area is 136 Å². The van der Waals surface area contributed by atoms with Gasteiger partial charge in [-0.1, -0.05) is 6.92 Å². The van der Waals surface area contributed by atoms with Gasteiger partial charge in [-0.2, -0.15) is 0 Å². The molecule has 3 nitrogen and oxygen atoms in total. The van der Waals surface area contributed by atoms with Gasteiger partial charge in [-0.15, -0.1) is 0 Å². The van der Waals surface area contributed by atoms with Crippen LogP contribution in [-0.4, -0.2) is 78.5 Å². The van der Waals surface area contributed by atoms with Crippen LogP contribution < -0.4 is 0 Å². The third-order valence-electron chi connectivity index (χ3n) is 1.40. The Morgan fingerprint density at radius 2 is 1.57 bits per heavy atom. The summed E-state index contributed by atoms with van der Waals surface area (Å²) in [5.41, 5.74) is 0. The van der Waals surface area contributed by atoms with Gasteiger partial charge in [0, 0.05) is 77.6 Å². The van der Waals surface area contributed by atoms with Gasteiger partial charge in [-0.3, -0.25) is 0 Å². The van der Waals surface area contributed by atoms with Gasteiger partial charge in [0.25, 0.3) is 0 Å². The number of rotatable bonds is 6. The van der Waals surface area contributed by atoms with Crippen LogP contribution in [-0.2, 0) is 13.3 Å². The third kappa shape index (κ3) is 7.89. The van der Waals surface area contributed by atoms with E-state index >= 15 is 0 Å². The quantitative estimate of drug-likeness (QED) is 0.540. The van der Waals surface area contributed by atoms with Gasteiger partial charge in [0.1, 0.15) is 5.05 Å². The summed E-state index contributed by atoms with van der Waals surface area (Å²) in [5.74, 6) is 0. The van der Waals surface area contributed by atoms with E-state index in [0.717, 1.165) is 6.42 Å². The topological polar surface area (TPSA) is 27.7 Å².